The number of halogens is 1. The highest BCUT2D eigenvalue weighted by molar-refractivity contribution is 7.92. The minimum Gasteiger partial charge on any atom is -0.495 e. The van der Waals surface area contributed by atoms with E-state index in [-0.39, 0.29) is 35.2 Å². The molecule has 1 N–H and O–H groups in total. The van der Waals surface area contributed by atoms with Gasteiger partial charge in [0.25, 0.3) is 10.0 Å². The minimum absolute atomic E-state index is 0.0171. The standard InChI is InChI=1S/C37H42ClN3O5S/c1-26-16-19-30(20-17-26)47(44,45)41(32-22-27(2)18-21-34(32)46-6)25-35(42)40(24-29-14-10-11-15-31(29)38)33(36(43)39-37(3,4)5)23-28-12-8-7-9-13-28/h7-22,33H,23-25H2,1-6H3,(H,39,43). The Morgan fingerprint density at radius 1 is 0.872 bits per heavy atom. The van der Waals surface area contributed by atoms with Crippen LogP contribution in [0.25, 0.3) is 0 Å². The van der Waals surface area contributed by atoms with Crippen LogP contribution in [0.4, 0.5) is 5.69 Å². The molecule has 10 heteroatoms. The summed E-state index contributed by atoms with van der Waals surface area (Å²) < 4.78 is 35.4. The molecule has 0 aliphatic carbocycles. The quantitative estimate of drug-likeness (QED) is 0.180. The van der Waals surface area contributed by atoms with Crippen molar-refractivity contribution in [2.24, 2.45) is 0 Å². The van der Waals surface area contributed by atoms with E-state index in [0.717, 1.165) is 21.0 Å². The predicted molar refractivity (Wildman–Crippen MR) is 187 cm³/mol. The van der Waals surface area contributed by atoms with Crippen molar-refractivity contribution in [2.75, 3.05) is 18.0 Å². The van der Waals surface area contributed by atoms with Crippen molar-refractivity contribution >= 4 is 39.1 Å². The molecule has 0 saturated heterocycles. The van der Waals surface area contributed by atoms with Crippen molar-refractivity contribution < 1.29 is 22.7 Å². The maximum absolute atomic E-state index is 14.7. The molecule has 0 saturated carbocycles. The summed E-state index contributed by atoms with van der Waals surface area (Å²) in [6, 6.07) is 27.1. The largest absolute Gasteiger partial charge is 0.495 e. The van der Waals surface area contributed by atoms with Crippen LogP contribution >= 0.6 is 11.6 Å². The number of amides is 2. The van der Waals surface area contributed by atoms with Crippen LogP contribution in [0.15, 0.2) is 102 Å². The molecule has 8 nitrogen and oxygen atoms in total. The smallest absolute Gasteiger partial charge is 0.264 e. The van der Waals surface area contributed by atoms with E-state index in [2.05, 4.69) is 5.32 Å². The van der Waals surface area contributed by atoms with E-state index in [1.807, 2.05) is 65.0 Å². The molecule has 248 valence electrons. The highest BCUT2D eigenvalue weighted by Crippen LogP contribution is 2.34. The molecule has 2 amide bonds. The molecule has 4 aromatic carbocycles. The summed E-state index contributed by atoms with van der Waals surface area (Å²) in [5.74, 6) is -0.681. The molecule has 0 radical (unpaired) electrons. The number of hydrogen-bond acceptors (Lipinski definition) is 5. The van der Waals surface area contributed by atoms with Crippen LogP contribution in [-0.4, -0.2) is 50.4 Å². The van der Waals surface area contributed by atoms with Gasteiger partial charge in [-0.15, -0.1) is 0 Å². The summed E-state index contributed by atoms with van der Waals surface area (Å²) in [5.41, 5.74) is 2.73. The van der Waals surface area contributed by atoms with Crippen LogP contribution in [0.5, 0.6) is 5.75 Å². The van der Waals surface area contributed by atoms with Gasteiger partial charge < -0.3 is 15.0 Å². The lowest BCUT2D eigenvalue weighted by molar-refractivity contribution is -0.140. The van der Waals surface area contributed by atoms with E-state index < -0.39 is 34.1 Å². The molecule has 4 rings (SSSR count). The first-order valence-electron chi connectivity index (χ1n) is 15.3. The Hall–Kier alpha value is -4.34. The van der Waals surface area contributed by atoms with Crippen molar-refractivity contribution in [1.82, 2.24) is 10.2 Å². The topological polar surface area (TPSA) is 96.0 Å². The lowest BCUT2D eigenvalue weighted by Crippen LogP contribution is -2.56. The summed E-state index contributed by atoms with van der Waals surface area (Å²) in [5, 5.41) is 3.45. The number of nitrogens with zero attached hydrogens (tertiary/aromatic N) is 2. The van der Waals surface area contributed by atoms with Gasteiger partial charge in [0.05, 0.1) is 17.7 Å². The van der Waals surface area contributed by atoms with Gasteiger partial charge in [0.1, 0.15) is 18.3 Å². The second-order valence-corrected chi connectivity index (χ2v) is 14.8. The average Bonchev–Trinajstić information content (AvgIpc) is 3.02. The summed E-state index contributed by atoms with van der Waals surface area (Å²) in [7, 11) is -2.84. The van der Waals surface area contributed by atoms with E-state index in [9.17, 15) is 18.0 Å². The molecular formula is C37H42ClN3O5S. The number of hydrogen-bond donors (Lipinski definition) is 1. The molecule has 0 fully saturated rings. The minimum atomic E-state index is -4.28. The SMILES string of the molecule is COc1ccc(C)cc1N(CC(=O)N(Cc1ccccc1Cl)C(Cc1ccccc1)C(=O)NC(C)(C)C)S(=O)(=O)c1ccc(C)cc1. The lowest BCUT2D eigenvalue weighted by atomic mass is 10.0. The third kappa shape index (κ3) is 9.14. The number of rotatable bonds is 12. The maximum atomic E-state index is 14.7. The van der Waals surface area contributed by atoms with Crippen LogP contribution in [0.2, 0.25) is 5.02 Å². The molecule has 4 aromatic rings. The predicted octanol–water partition coefficient (Wildman–Crippen LogP) is 6.72. The fraction of sp³-hybridized carbons (Fsp3) is 0.297. The number of ether oxygens (including phenoxy) is 1. The molecule has 0 heterocycles. The Morgan fingerprint density at radius 2 is 1.49 bits per heavy atom. The Labute approximate surface area is 283 Å². The molecule has 0 spiro atoms. The number of carbonyl (C=O) groups is 2. The zero-order chi connectivity index (χ0) is 34.4. The van der Waals surface area contributed by atoms with Crippen molar-refractivity contribution in [3.63, 3.8) is 0 Å². The normalized spacial score (nSPS) is 12.2. The second-order valence-electron chi connectivity index (χ2n) is 12.6. The summed E-state index contributed by atoms with van der Waals surface area (Å²) in [6.45, 7) is 8.66. The molecule has 1 unspecified atom stereocenters. The molecule has 0 bridgehead atoms. The van der Waals surface area contributed by atoms with Gasteiger partial charge >= 0.3 is 0 Å². The second kappa shape index (κ2) is 15.0. The molecule has 0 aliphatic heterocycles. The van der Waals surface area contributed by atoms with Crippen molar-refractivity contribution in [3.8, 4) is 5.75 Å². The van der Waals surface area contributed by atoms with Crippen molar-refractivity contribution in [3.05, 3.63) is 124 Å². The number of sulfonamides is 1. The van der Waals surface area contributed by atoms with Gasteiger partial charge in [0, 0.05) is 23.5 Å². The molecule has 1 atom stereocenters. The van der Waals surface area contributed by atoms with E-state index >= 15 is 0 Å². The maximum Gasteiger partial charge on any atom is 0.264 e. The van der Waals surface area contributed by atoms with Gasteiger partial charge in [-0.1, -0.05) is 83.9 Å². The monoisotopic (exact) mass is 675 g/mol. The highest BCUT2D eigenvalue weighted by Gasteiger charge is 2.36. The number of nitrogens with one attached hydrogen (secondary N) is 1. The number of methoxy groups -OCH3 is 1. The number of carbonyl (C=O) groups excluding carboxylic acids is 2. The Morgan fingerprint density at radius 3 is 2.11 bits per heavy atom. The lowest BCUT2D eigenvalue weighted by Gasteiger charge is -2.35. The van der Waals surface area contributed by atoms with Gasteiger partial charge in [0.2, 0.25) is 11.8 Å². The molecule has 0 aromatic heterocycles. The number of benzene rings is 4. The highest BCUT2D eigenvalue weighted by atomic mass is 35.5. The molecule has 47 heavy (non-hydrogen) atoms. The van der Waals surface area contributed by atoms with Crippen LogP contribution in [0.1, 0.15) is 43.0 Å². The first kappa shape index (κ1) is 35.5. The van der Waals surface area contributed by atoms with Crippen LogP contribution in [0.3, 0.4) is 0 Å². The van der Waals surface area contributed by atoms with Gasteiger partial charge in [-0.25, -0.2) is 8.42 Å². The zero-order valence-corrected chi connectivity index (χ0v) is 29.2. The first-order chi connectivity index (χ1) is 22.2. The summed E-state index contributed by atoms with van der Waals surface area (Å²) in [6.07, 6.45) is 0.192. The van der Waals surface area contributed by atoms with E-state index in [0.29, 0.717) is 10.6 Å². The summed E-state index contributed by atoms with van der Waals surface area (Å²) >= 11 is 6.59. The Balaban J connectivity index is 1.88. The third-order valence-electron chi connectivity index (χ3n) is 7.56. The van der Waals surface area contributed by atoms with Crippen molar-refractivity contribution in [2.45, 2.75) is 64.1 Å². The van der Waals surface area contributed by atoms with Gasteiger partial charge in [0.15, 0.2) is 0 Å². The number of anilines is 1. The fourth-order valence-corrected chi connectivity index (χ4v) is 6.77. The van der Waals surface area contributed by atoms with E-state index in [1.165, 1.54) is 24.1 Å². The van der Waals surface area contributed by atoms with Crippen LogP contribution in [0, 0.1) is 13.8 Å². The average molecular weight is 676 g/mol. The van der Waals surface area contributed by atoms with Crippen molar-refractivity contribution in [1.29, 1.82) is 0 Å². The van der Waals surface area contributed by atoms with Gasteiger partial charge in [-0.05, 0) is 81.6 Å². The first-order valence-corrected chi connectivity index (χ1v) is 17.1. The molecule has 0 aliphatic rings. The van der Waals surface area contributed by atoms with Crippen LogP contribution < -0.4 is 14.4 Å². The van der Waals surface area contributed by atoms with Crippen LogP contribution in [-0.2, 0) is 32.6 Å². The Bertz CT molecular complexity index is 1810. The third-order valence-corrected chi connectivity index (χ3v) is 9.70. The number of aryl methyl sites for hydroxylation is 2. The van der Waals surface area contributed by atoms with E-state index in [4.69, 9.17) is 16.3 Å². The summed E-state index contributed by atoms with van der Waals surface area (Å²) in [4.78, 5) is 30.2. The molecular weight excluding hydrogens is 634 g/mol. The van der Waals surface area contributed by atoms with Gasteiger partial charge in [-0.3, -0.25) is 13.9 Å². The fourth-order valence-electron chi connectivity index (χ4n) is 5.16. The van der Waals surface area contributed by atoms with E-state index in [1.54, 1.807) is 54.6 Å². The Kier molecular flexibility index (Phi) is 11.4. The zero-order valence-electron chi connectivity index (χ0n) is 27.7. The van der Waals surface area contributed by atoms with Gasteiger partial charge in [-0.2, -0.15) is 0 Å².